The molecule has 0 spiro atoms. The molecule has 0 saturated carbocycles. The van der Waals surface area contributed by atoms with Gasteiger partial charge in [-0.1, -0.05) is 58.4 Å². The molecular weight excluding hydrogens is 220 g/mol. The van der Waals surface area contributed by atoms with Crippen LogP contribution in [0.15, 0.2) is 36.7 Å². The Kier molecular flexibility index (Phi) is 5.63. The molecule has 0 saturated heterocycles. The number of imidazole rings is 1. The van der Waals surface area contributed by atoms with Gasteiger partial charge in [0.1, 0.15) is 5.82 Å². The predicted molar refractivity (Wildman–Crippen MR) is 78.7 cm³/mol. The third-order valence-corrected chi connectivity index (χ3v) is 2.64. The fourth-order valence-corrected chi connectivity index (χ4v) is 1.83. The Morgan fingerprint density at radius 3 is 2.28 bits per heavy atom. The maximum Gasteiger partial charge on any atom is 0.139 e. The quantitative estimate of drug-likeness (QED) is 0.753. The van der Waals surface area contributed by atoms with E-state index in [9.17, 15) is 0 Å². The zero-order valence-electron chi connectivity index (χ0n) is 12.1. The molecule has 98 valence electrons. The van der Waals surface area contributed by atoms with Gasteiger partial charge in [0.25, 0.3) is 0 Å². The molecule has 0 N–H and O–H groups in total. The lowest BCUT2D eigenvalue weighted by atomic mass is 9.97. The third-order valence-electron chi connectivity index (χ3n) is 2.64. The number of aryl methyl sites for hydroxylation is 1. The lowest BCUT2D eigenvalue weighted by Crippen LogP contribution is -1.97. The van der Waals surface area contributed by atoms with Crippen LogP contribution in [0.3, 0.4) is 0 Å². The molecule has 2 heteroatoms. The minimum atomic E-state index is 0.526. The van der Waals surface area contributed by atoms with Crippen molar-refractivity contribution in [3.63, 3.8) is 0 Å². The lowest BCUT2D eigenvalue weighted by molar-refractivity contribution is 0.857. The predicted octanol–water partition coefficient (Wildman–Crippen LogP) is 4.63. The molecule has 2 aromatic rings. The largest absolute Gasteiger partial charge is 0.334 e. The van der Waals surface area contributed by atoms with Crippen LogP contribution in [-0.4, -0.2) is 9.55 Å². The zero-order chi connectivity index (χ0) is 13.5. The Morgan fingerprint density at radius 2 is 1.78 bits per heavy atom. The summed E-state index contributed by atoms with van der Waals surface area (Å²) in [6.45, 7) is 8.67. The highest BCUT2D eigenvalue weighted by Gasteiger charge is 2.10. The fraction of sp³-hybridized carbons (Fsp3) is 0.438. The molecule has 0 fully saturated rings. The van der Waals surface area contributed by atoms with Crippen LogP contribution in [0, 0.1) is 0 Å². The van der Waals surface area contributed by atoms with E-state index in [4.69, 9.17) is 0 Å². The van der Waals surface area contributed by atoms with E-state index in [1.54, 1.807) is 0 Å². The molecule has 0 aliphatic heterocycles. The first-order valence-electron chi connectivity index (χ1n) is 6.68. The smallest absolute Gasteiger partial charge is 0.139 e. The highest BCUT2D eigenvalue weighted by Crippen LogP contribution is 2.27. The minimum absolute atomic E-state index is 0.526. The summed E-state index contributed by atoms with van der Waals surface area (Å²) in [7, 11) is 2.03. The van der Waals surface area contributed by atoms with Gasteiger partial charge in [0.2, 0.25) is 0 Å². The molecule has 18 heavy (non-hydrogen) atoms. The third kappa shape index (κ3) is 3.46. The number of rotatable bonds is 2. The summed E-state index contributed by atoms with van der Waals surface area (Å²) in [6, 6.07) is 8.46. The first-order valence-corrected chi connectivity index (χ1v) is 6.68. The van der Waals surface area contributed by atoms with Crippen molar-refractivity contribution in [3.8, 4) is 11.4 Å². The second-order valence-corrected chi connectivity index (χ2v) is 4.81. The fourth-order valence-electron chi connectivity index (χ4n) is 1.83. The maximum absolute atomic E-state index is 4.39. The van der Waals surface area contributed by atoms with Crippen molar-refractivity contribution in [1.82, 2.24) is 9.55 Å². The Hall–Kier alpha value is -1.57. The van der Waals surface area contributed by atoms with Crippen LogP contribution in [0.4, 0.5) is 0 Å². The second kappa shape index (κ2) is 7.00. The van der Waals surface area contributed by atoms with Crippen molar-refractivity contribution in [1.29, 1.82) is 0 Å². The standard InChI is InChI=1S/C13H16N2.C3H8/c1-10(2)11-6-4-5-7-12(11)13-14-8-9-15(13)3;1-3-2/h4-10H,1-3H3;3H2,1-2H3. The molecule has 0 amide bonds. The van der Waals surface area contributed by atoms with E-state index in [2.05, 4.69) is 61.5 Å². The molecule has 0 bridgehead atoms. The molecule has 1 heterocycles. The zero-order valence-corrected chi connectivity index (χ0v) is 12.1. The van der Waals surface area contributed by atoms with Crippen molar-refractivity contribution >= 4 is 0 Å². The Morgan fingerprint density at radius 1 is 1.17 bits per heavy atom. The van der Waals surface area contributed by atoms with Crippen molar-refractivity contribution in [2.45, 2.75) is 40.0 Å². The average Bonchev–Trinajstić information content (AvgIpc) is 2.76. The molecule has 0 atom stereocenters. The van der Waals surface area contributed by atoms with Crippen LogP contribution in [0.25, 0.3) is 11.4 Å². The number of nitrogens with zero attached hydrogens (tertiary/aromatic N) is 2. The normalized spacial score (nSPS) is 10.1. The van der Waals surface area contributed by atoms with Gasteiger partial charge in [-0.15, -0.1) is 0 Å². The second-order valence-electron chi connectivity index (χ2n) is 4.81. The van der Waals surface area contributed by atoms with Gasteiger partial charge in [-0.25, -0.2) is 4.98 Å². The van der Waals surface area contributed by atoms with Gasteiger partial charge in [0.15, 0.2) is 0 Å². The van der Waals surface area contributed by atoms with Crippen LogP contribution < -0.4 is 0 Å². The summed E-state index contributed by atoms with van der Waals surface area (Å²) < 4.78 is 2.06. The summed E-state index contributed by atoms with van der Waals surface area (Å²) in [5.74, 6) is 1.57. The molecule has 1 aromatic carbocycles. The van der Waals surface area contributed by atoms with Crippen LogP contribution >= 0.6 is 0 Å². The molecule has 0 aliphatic rings. The molecule has 1 aromatic heterocycles. The van der Waals surface area contributed by atoms with Gasteiger partial charge in [-0.2, -0.15) is 0 Å². The van der Waals surface area contributed by atoms with Gasteiger partial charge < -0.3 is 4.57 Å². The van der Waals surface area contributed by atoms with Crippen LogP contribution in [0.2, 0.25) is 0 Å². The maximum atomic E-state index is 4.39. The molecule has 0 unspecified atom stereocenters. The summed E-state index contributed by atoms with van der Waals surface area (Å²) in [5.41, 5.74) is 2.59. The van der Waals surface area contributed by atoms with Crippen LogP contribution in [0.5, 0.6) is 0 Å². The minimum Gasteiger partial charge on any atom is -0.334 e. The van der Waals surface area contributed by atoms with E-state index in [0.29, 0.717) is 5.92 Å². The number of hydrogen-bond donors (Lipinski definition) is 0. The molecular formula is C16H24N2. The topological polar surface area (TPSA) is 17.8 Å². The van der Waals surface area contributed by atoms with Crippen molar-refractivity contribution in [2.75, 3.05) is 0 Å². The van der Waals surface area contributed by atoms with Gasteiger partial charge in [0.05, 0.1) is 0 Å². The Labute approximate surface area is 111 Å². The Bertz CT molecular complexity index is 469. The summed E-state index contributed by atoms with van der Waals surface area (Å²) in [5, 5.41) is 0. The SMILES string of the molecule is CC(C)c1ccccc1-c1nccn1C.CCC. The van der Waals surface area contributed by atoms with E-state index in [-0.39, 0.29) is 0 Å². The van der Waals surface area contributed by atoms with Crippen molar-refractivity contribution < 1.29 is 0 Å². The molecule has 2 nitrogen and oxygen atoms in total. The van der Waals surface area contributed by atoms with Crippen LogP contribution in [-0.2, 0) is 7.05 Å². The highest BCUT2D eigenvalue weighted by molar-refractivity contribution is 5.61. The van der Waals surface area contributed by atoms with E-state index >= 15 is 0 Å². The van der Waals surface area contributed by atoms with E-state index in [1.165, 1.54) is 17.5 Å². The van der Waals surface area contributed by atoms with Gasteiger partial charge in [-0.05, 0) is 11.5 Å². The Balaban J connectivity index is 0.000000492. The van der Waals surface area contributed by atoms with Crippen molar-refractivity contribution in [3.05, 3.63) is 42.2 Å². The molecule has 2 rings (SSSR count). The molecule has 0 radical (unpaired) electrons. The summed E-state index contributed by atoms with van der Waals surface area (Å²) in [4.78, 5) is 4.39. The first-order chi connectivity index (χ1) is 8.61. The van der Waals surface area contributed by atoms with Crippen LogP contribution in [0.1, 0.15) is 45.6 Å². The number of hydrogen-bond acceptors (Lipinski definition) is 1. The summed E-state index contributed by atoms with van der Waals surface area (Å²) >= 11 is 0. The first kappa shape index (κ1) is 14.5. The number of benzene rings is 1. The monoisotopic (exact) mass is 244 g/mol. The van der Waals surface area contributed by atoms with E-state index in [1.807, 2.05) is 19.4 Å². The highest BCUT2D eigenvalue weighted by atomic mass is 15.0. The lowest BCUT2D eigenvalue weighted by Gasteiger charge is -2.11. The summed E-state index contributed by atoms with van der Waals surface area (Å²) in [6.07, 6.45) is 5.07. The van der Waals surface area contributed by atoms with Gasteiger partial charge in [0, 0.05) is 25.0 Å². The average molecular weight is 244 g/mol. The van der Waals surface area contributed by atoms with Gasteiger partial charge in [-0.3, -0.25) is 0 Å². The van der Waals surface area contributed by atoms with E-state index in [0.717, 1.165) is 5.82 Å². The number of aromatic nitrogens is 2. The van der Waals surface area contributed by atoms with E-state index < -0.39 is 0 Å². The molecule has 0 aliphatic carbocycles. The van der Waals surface area contributed by atoms with Gasteiger partial charge >= 0.3 is 0 Å². The van der Waals surface area contributed by atoms with Crippen molar-refractivity contribution in [2.24, 2.45) is 7.05 Å².